The zero-order chi connectivity index (χ0) is 30.9. The first-order chi connectivity index (χ1) is 19.7. The van der Waals surface area contributed by atoms with Gasteiger partial charge in [0.05, 0.1) is 41.0 Å². The molecule has 1 fully saturated rings. The largest absolute Gasteiger partial charge is 0.494 e. The summed E-state index contributed by atoms with van der Waals surface area (Å²) in [6, 6.07) is 6.70. The molecule has 2 aromatic carbocycles. The van der Waals surface area contributed by atoms with Gasteiger partial charge in [0.1, 0.15) is 5.75 Å². The molecule has 2 atom stereocenters. The second-order valence-corrected chi connectivity index (χ2v) is 10.9. The minimum atomic E-state index is -4.63. The second kappa shape index (κ2) is 12.2. The van der Waals surface area contributed by atoms with Gasteiger partial charge in [-0.15, -0.1) is 0 Å². The van der Waals surface area contributed by atoms with E-state index in [0.717, 1.165) is 30.7 Å². The molecule has 0 aliphatic carbocycles. The maximum absolute atomic E-state index is 13.9. The number of likely N-dealkylation sites (tertiary alicyclic amines) is 1. The Morgan fingerprint density at radius 1 is 1.24 bits per heavy atom. The molecular formula is C29H35ClF3N7O2. The third-order valence-corrected chi connectivity index (χ3v) is 8.06. The third kappa shape index (κ3) is 6.50. The normalized spacial score (nSPS) is 17.9. The van der Waals surface area contributed by atoms with Crippen LogP contribution in [0.1, 0.15) is 59.4 Å². The highest BCUT2D eigenvalue weighted by atomic mass is 35.5. The van der Waals surface area contributed by atoms with Gasteiger partial charge in [0.2, 0.25) is 0 Å². The van der Waals surface area contributed by atoms with E-state index in [1.54, 1.807) is 17.9 Å². The van der Waals surface area contributed by atoms with Crippen molar-refractivity contribution in [3.8, 4) is 5.75 Å². The fraction of sp³-hybridized carbons (Fsp3) is 0.379. The number of ether oxygens (including phenoxy) is 1. The number of hydrogen-bond acceptors (Lipinski definition) is 7. The van der Waals surface area contributed by atoms with Crippen LogP contribution in [0.3, 0.4) is 0 Å². The minimum absolute atomic E-state index is 0.0934. The molecule has 1 aliphatic rings. The molecule has 1 amide bonds. The van der Waals surface area contributed by atoms with Crippen molar-refractivity contribution in [3.05, 3.63) is 75.7 Å². The number of carbonyl (C=O) groups excluding carboxylic acids is 1. The highest BCUT2D eigenvalue weighted by Gasteiger charge is 2.34. The molecule has 0 radical (unpaired) electrons. The van der Waals surface area contributed by atoms with Gasteiger partial charge in [0, 0.05) is 54.3 Å². The Labute approximate surface area is 247 Å². The lowest BCUT2D eigenvalue weighted by molar-refractivity contribution is -0.137. The Balaban J connectivity index is 1.66. The summed E-state index contributed by atoms with van der Waals surface area (Å²) in [6.45, 7) is 6.19. The number of benzene rings is 2. The van der Waals surface area contributed by atoms with E-state index in [4.69, 9.17) is 27.9 Å². The van der Waals surface area contributed by atoms with Crippen molar-refractivity contribution in [1.82, 2.24) is 14.7 Å². The van der Waals surface area contributed by atoms with Gasteiger partial charge in [-0.3, -0.25) is 19.4 Å². The molecule has 226 valence electrons. The highest BCUT2D eigenvalue weighted by molar-refractivity contribution is 6.33. The summed E-state index contributed by atoms with van der Waals surface area (Å²) in [4.78, 5) is 15.5. The molecule has 1 aliphatic heterocycles. The number of aromatic nitrogens is 2. The predicted octanol–water partition coefficient (Wildman–Crippen LogP) is 5.67. The molecule has 5 N–H and O–H groups in total. The van der Waals surface area contributed by atoms with Crippen LogP contribution in [0.5, 0.6) is 5.75 Å². The number of amides is 1. The number of hydrogen-bond donors (Lipinski definition) is 3. The average Bonchev–Trinajstić information content (AvgIpc) is 3.43. The fourth-order valence-corrected chi connectivity index (χ4v) is 5.39. The van der Waals surface area contributed by atoms with E-state index >= 15 is 0 Å². The molecule has 0 saturated carbocycles. The van der Waals surface area contributed by atoms with Crippen LogP contribution in [0.4, 0.5) is 24.5 Å². The first-order valence-corrected chi connectivity index (χ1v) is 13.7. The number of halogens is 4. The smallest absolute Gasteiger partial charge is 0.416 e. The van der Waals surface area contributed by atoms with E-state index in [1.165, 1.54) is 36.5 Å². The Hall–Kier alpha value is -3.74. The molecule has 9 nitrogen and oxygen atoms in total. The lowest BCUT2D eigenvalue weighted by Gasteiger charge is -2.28. The zero-order valence-corrected chi connectivity index (χ0v) is 24.8. The summed E-state index contributed by atoms with van der Waals surface area (Å²) in [6.07, 6.45) is 0.310. The van der Waals surface area contributed by atoms with Crippen LogP contribution in [-0.4, -0.2) is 39.8 Å². The number of carbonyl (C=O) groups is 1. The third-order valence-electron chi connectivity index (χ3n) is 7.74. The molecule has 2 unspecified atom stereocenters. The first kappa shape index (κ1) is 31.2. The first-order valence-electron chi connectivity index (χ1n) is 13.4. The van der Waals surface area contributed by atoms with Crippen molar-refractivity contribution in [2.45, 2.75) is 58.4 Å². The summed E-state index contributed by atoms with van der Waals surface area (Å²) in [5.41, 5.74) is 7.74. The highest BCUT2D eigenvalue weighted by Crippen LogP contribution is 2.40. The lowest BCUT2D eigenvalue weighted by Crippen LogP contribution is -2.32. The summed E-state index contributed by atoms with van der Waals surface area (Å²) in [5, 5.41) is 8.17. The van der Waals surface area contributed by atoms with Crippen LogP contribution < -0.4 is 26.6 Å². The van der Waals surface area contributed by atoms with Crippen LogP contribution in [-0.2, 0) is 19.8 Å². The van der Waals surface area contributed by atoms with Crippen molar-refractivity contribution < 1.29 is 22.7 Å². The summed E-state index contributed by atoms with van der Waals surface area (Å²) in [5.74, 6) is 5.72. The quantitative estimate of drug-likeness (QED) is 0.224. The second-order valence-electron chi connectivity index (χ2n) is 10.5. The number of rotatable bonds is 8. The number of methoxy groups -OCH3 is 1. The Bertz CT molecular complexity index is 1500. The summed E-state index contributed by atoms with van der Waals surface area (Å²) in [7, 11) is 3.15. The molecule has 0 bridgehead atoms. The number of nitrogens with two attached hydrogens (primary N) is 2. The van der Waals surface area contributed by atoms with Gasteiger partial charge in [-0.2, -0.15) is 18.3 Å². The van der Waals surface area contributed by atoms with Crippen LogP contribution >= 0.6 is 11.6 Å². The monoisotopic (exact) mass is 605 g/mol. The maximum Gasteiger partial charge on any atom is 0.416 e. The van der Waals surface area contributed by atoms with Crippen LogP contribution in [0.25, 0.3) is 5.70 Å². The SMILES string of the molecule is COc1c(CN2C(C)CCC2C)cc(C(F)(F)F)cc1NC(=O)c1ccc(Cl)c(N(N)/C=C(\N)c2cnn(C)c2C)c1. The van der Waals surface area contributed by atoms with Gasteiger partial charge < -0.3 is 15.8 Å². The van der Waals surface area contributed by atoms with Crippen LogP contribution in [0.2, 0.25) is 5.02 Å². The van der Waals surface area contributed by atoms with E-state index in [0.29, 0.717) is 16.8 Å². The topological polar surface area (TPSA) is 115 Å². The van der Waals surface area contributed by atoms with Crippen LogP contribution in [0, 0.1) is 6.92 Å². The number of alkyl halides is 3. The predicted molar refractivity (Wildman–Crippen MR) is 158 cm³/mol. The van der Waals surface area contributed by atoms with E-state index in [-0.39, 0.29) is 46.3 Å². The maximum atomic E-state index is 13.9. The molecule has 1 aromatic heterocycles. The Morgan fingerprint density at radius 3 is 2.48 bits per heavy atom. The van der Waals surface area contributed by atoms with Crippen molar-refractivity contribution in [2.75, 3.05) is 17.4 Å². The minimum Gasteiger partial charge on any atom is -0.494 e. The van der Waals surface area contributed by atoms with Gasteiger partial charge in [-0.25, -0.2) is 5.84 Å². The Morgan fingerprint density at radius 2 is 1.90 bits per heavy atom. The standard InChI is InChI=1S/C29H35ClF3N7O2/c1-16-6-7-17(2)39(16)14-20-10-21(29(31,32)33)12-25(27(20)42-5)37-28(41)19-8-9-23(30)26(11-19)40(35)15-24(34)22-13-36-38(4)18(22)3/h8-13,15-17H,6-7,14,34-35H2,1-5H3,(H,37,41)/b24-15-. The number of nitrogens with zero attached hydrogens (tertiary/aromatic N) is 4. The zero-order valence-electron chi connectivity index (χ0n) is 24.1. The van der Waals surface area contributed by atoms with Gasteiger partial charge >= 0.3 is 6.18 Å². The van der Waals surface area contributed by atoms with Gasteiger partial charge in [0.25, 0.3) is 5.91 Å². The van der Waals surface area contributed by atoms with Crippen molar-refractivity contribution in [3.63, 3.8) is 0 Å². The Kier molecular flexibility index (Phi) is 9.09. The summed E-state index contributed by atoms with van der Waals surface area (Å²) < 4.78 is 49.0. The van der Waals surface area contributed by atoms with Crippen molar-refractivity contribution in [2.24, 2.45) is 18.6 Å². The number of aryl methyl sites for hydroxylation is 1. The molecular weight excluding hydrogens is 571 g/mol. The molecule has 13 heteroatoms. The molecule has 0 spiro atoms. The molecule has 42 heavy (non-hydrogen) atoms. The molecule has 2 heterocycles. The van der Waals surface area contributed by atoms with Crippen molar-refractivity contribution in [1.29, 1.82) is 0 Å². The van der Waals surface area contributed by atoms with Gasteiger partial charge in [-0.1, -0.05) is 11.6 Å². The number of anilines is 2. The fourth-order valence-electron chi connectivity index (χ4n) is 5.18. The van der Waals surface area contributed by atoms with Gasteiger partial charge in [0.15, 0.2) is 0 Å². The van der Waals surface area contributed by atoms with E-state index in [1.807, 2.05) is 20.8 Å². The van der Waals surface area contributed by atoms with Gasteiger partial charge in [-0.05, 0) is 63.9 Å². The number of hydrazine groups is 1. The molecule has 1 saturated heterocycles. The lowest BCUT2D eigenvalue weighted by atomic mass is 10.0. The molecule has 4 rings (SSSR count). The van der Waals surface area contributed by atoms with Crippen molar-refractivity contribution >= 4 is 34.6 Å². The van der Waals surface area contributed by atoms with E-state index in [2.05, 4.69) is 15.3 Å². The average molecular weight is 606 g/mol. The molecule has 3 aromatic rings. The van der Waals surface area contributed by atoms with E-state index < -0.39 is 17.6 Å². The van der Waals surface area contributed by atoms with E-state index in [9.17, 15) is 18.0 Å². The van der Waals surface area contributed by atoms with Crippen LogP contribution in [0.15, 0.2) is 42.7 Å². The number of nitrogens with one attached hydrogen (secondary N) is 1. The summed E-state index contributed by atoms with van der Waals surface area (Å²) >= 11 is 6.38.